The fraction of sp³-hybridized carbons (Fsp3) is 0.591. The van der Waals surface area contributed by atoms with Gasteiger partial charge in [0.1, 0.15) is 17.9 Å². The molecule has 8 nitrogen and oxygen atoms in total. The van der Waals surface area contributed by atoms with Crippen molar-refractivity contribution in [2.75, 3.05) is 40.0 Å². The molecule has 2 N–H and O–H groups in total. The highest BCUT2D eigenvalue weighted by Gasteiger charge is 2.15. The van der Waals surface area contributed by atoms with Gasteiger partial charge in [-0.25, -0.2) is 0 Å². The number of guanidine groups is 1. The van der Waals surface area contributed by atoms with E-state index in [2.05, 4.69) is 51.4 Å². The van der Waals surface area contributed by atoms with Crippen LogP contribution in [0.4, 0.5) is 0 Å². The summed E-state index contributed by atoms with van der Waals surface area (Å²) in [5, 5.41) is 15.1. The second kappa shape index (κ2) is 13.5. The number of aliphatic imine (C=N–C) groups is 1. The van der Waals surface area contributed by atoms with Gasteiger partial charge < -0.3 is 24.7 Å². The monoisotopic (exact) mass is 542 g/mol. The topological polar surface area (TPSA) is 85.6 Å². The Balaban J connectivity index is 0.00000341. The molecule has 2 heterocycles. The molecular weight excluding hydrogens is 507 g/mol. The highest BCUT2D eigenvalue weighted by molar-refractivity contribution is 14.0. The Bertz CT molecular complexity index is 820. The minimum atomic E-state index is 0. The van der Waals surface area contributed by atoms with Gasteiger partial charge in [0.05, 0.1) is 13.7 Å². The molecule has 3 rings (SSSR count). The van der Waals surface area contributed by atoms with Gasteiger partial charge >= 0.3 is 0 Å². The van der Waals surface area contributed by atoms with E-state index >= 15 is 0 Å². The van der Waals surface area contributed by atoms with Crippen LogP contribution >= 0.6 is 24.0 Å². The van der Waals surface area contributed by atoms with Crippen molar-refractivity contribution in [3.8, 4) is 5.75 Å². The van der Waals surface area contributed by atoms with Gasteiger partial charge in [-0.1, -0.05) is 24.6 Å². The minimum Gasteiger partial charge on any atom is -0.496 e. The summed E-state index contributed by atoms with van der Waals surface area (Å²) in [7, 11) is 1.72. The fourth-order valence-electron chi connectivity index (χ4n) is 3.57. The molecule has 0 bridgehead atoms. The molecule has 1 aromatic heterocycles. The molecule has 0 radical (unpaired) electrons. The first-order chi connectivity index (χ1) is 14.7. The van der Waals surface area contributed by atoms with Crippen LogP contribution in [-0.4, -0.2) is 60.7 Å². The molecule has 1 saturated heterocycles. The molecule has 1 unspecified atom stereocenters. The van der Waals surface area contributed by atoms with E-state index in [4.69, 9.17) is 14.5 Å². The lowest BCUT2D eigenvalue weighted by molar-refractivity contribution is 0.187. The van der Waals surface area contributed by atoms with Gasteiger partial charge in [-0.2, -0.15) is 0 Å². The Labute approximate surface area is 202 Å². The molecule has 0 spiro atoms. The zero-order chi connectivity index (χ0) is 21.2. The third kappa shape index (κ3) is 7.95. The maximum absolute atomic E-state index is 5.50. The van der Waals surface area contributed by atoms with E-state index in [1.165, 1.54) is 11.1 Å². The Kier molecular flexibility index (Phi) is 11.1. The third-order valence-electron chi connectivity index (χ3n) is 5.31. The standard InChI is InChI=1S/C22H34N6O2.HI/c1-4-21-27-26-16-28(21)11-10-24-22(25-14-18-8-12-30-15-18)23-9-7-19-13-17(2)5-6-20(19)29-3;/h5-6,13,16,18H,4,7-12,14-15H2,1-3H3,(H2,23,24,25);1H. The molecule has 1 atom stereocenters. The summed E-state index contributed by atoms with van der Waals surface area (Å²) in [5.41, 5.74) is 2.44. The van der Waals surface area contributed by atoms with Gasteiger partial charge in [0, 0.05) is 45.1 Å². The molecule has 0 saturated carbocycles. The van der Waals surface area contributed by atoms with Crippen molar-refractivity contribution in [2.24, 2.45) is 10.9 Å². The van der Waals surface area contributed by atoms with Crippen molar-refractivity contribution < 1.29 is 9.47 Å². The number of hydrogen-bond donors (Lipinski definition) is 2. The predicted molar refractivity (Wildman–Crippen MR) is 133 cm³/mol. The fourth-order valence-corrected chi connectivity index (χ4v) is 3.57. The zero-order valence-corrected chi connectivity index (χ0v) is 21.1. The van der Waals surface area contributed by atoms with E-state index in [-0.39, 0.29) is 24.0 Å². The molecular formula is C22H35IN6O2. The van der Waals surface area contributed by atoms with Gasteiger partial charge in [-0.15, -0.1) is 34.2 Å². The summed E-state index contributed by atoms with van der Waals surface area (Å²) in [6.07, 6.45) is 4.60. The second-order valence-electron chi connectivity index (χ2n) is 7.63. The lowest BCUT2D eigenvalue weighted by Gasteiger charge is -2.15. The molecule has 31 heavy (non-hydrogen) atoms. The average molecular weight is 542 g/mol. The van der Waals surface area contributed by atoms with Crippen LogP contribution in [0.3, 0.4) is 0 Å². The molecule has 0 amide bonds. The maximum atomic E-state index is 5.50. The van der Waals surface area contributed by atoms with Crippen LogP contribution in [0.25, 0.3) is 0 Å². The van der Waals surface area contributed by atoms with E-state index < -0.39 is 0 Å². The Morgan fingerprint density at radius 3 is 2.90 bits per heavy atom. The molecule has 1 aromatic carbocycles. The van der Waals surface area contributed by atoms with Crippen LogP contribution in [0, 0.1) is 12.8 Å². The number of aromatic nitrogens is 3. The van der Waals surface area contributed by atoms with Crippen LogP contribution in [-0.2, 0) is 24.1 Å². The Morgan fingerprint density at radius 1 is 1.32 bits per heavy atom. The second-order valence-corrected chi connectivity index (χ2v) is 7.63. The van der Waals surface area contributed by atoms with Crippen molar-refractivity contribution in [1.29, 1.82) is 0 Å². The molecule has 1 aliphatic heterocycles. The van der Waals surface area contributed by atoms with E-state index in [1.807, 2.05) is 6.07 Å². The predicted octanol–water partition coefficient (Wildman–Crippen LogP) is 2.59. The van der Waals surface area contributed by atoms with Gasteiger partial charge in [0.2, 0.25) is 0 Å². The van der Waals surface area contributed by atoms with Crippen molar-refractivity contribution in [2.45, 2.75) is 39.7 Å². The van der Waals surface area contributed by atoms with Crippen molar-refractivity contribution >= 4 is 29.9 Å². The lowest BCUT2D eigenvalue weighted by atomic mass is 10.1. The number of halogens is 1. The number of methoxy groups -OCH3 is 1. The highest BCUT2D eigenvalue weighted by Crippen LogP contribution is 2.19. The van der Waals surface area contributed by atoms with Crippen molar-refractivity contribution in [3.05, 3.63) is 41.5 Å². The largest absolute Gasteiger partial charge is 0.496 e. The first kappa shape index (κ1) is 25.4. The van der Waals surface area contributed by atoms with Crippen molar-refractivity contribution in [1.82, 2.24) is 25.4 Å². The van der Waals surface area contributed by atoms with E-state index in [0.717, 1.165) is 76.2 Å². The number of rotatable bonds is 10. The number of nitrogens with zero attached hydrogens (tertiary/aromatic N) is 4. The summed E-state index contributed by atoms with van der Waals surface area (Å²) in [4.78, 5) is 4.80. The van der Waals surface area contributed by atoms with Crippen LogP contribution in [0.15, 0.2) is 29.5 Å². The van der Waals surface area contributed by atoms with Crippen molar-refractivity contribution in [3.63, 3.8) is 0 Å². The molecule has 1 fully saturated rings. The van der Waals surface area contributed by atoms with Crippen LogP contribution in [0.2, 0.25) is 0 Å². The summed E-state index contributed by atoms with van der Waals surface area (Å²) >= 11 is 0. The number of hydrogen-bond acceptors (Lipinski definition) is 5. The molecule has 9 heteroatoms. The number of aryl methyl sites for hydroxylation is 2. The third-order valence-corrected chi connectivity index (χ3v) is 5.31. The van der Waals surface area contributed by atoms with E-state index in [9.17, 15) is 0 Å². The molecule has 2 aromatic rings. The smallest absolute Gasteiger partial charge is 0.191 e. The highest BCUT2D eigenvalue weighted by atomic mass is 127. The van der Waals surface area contributed by atoms with Crippen LogP contribution in [0.5, 0.6) is 5.75 Å². The Morgan fingerprint density at radius 2 is 2.16 bits per heavy atom. The van der Waals surface area contributed by atoms with Gasteiger partial charge in [-0.3, -0.25) is 4.99 Å². The average Bonchev–Trinajstić information content (AvgIpc) is 3.43. The number of benzene rings is 1. The normalized spacial score (nSPS) is 16.1. The van der Waals surface area contributed by atoms with Gasteiger partial charge in [-0.05, 0) is 31.4 Å². The quantitative estimate of drug-likeness (QED) is 0.273. The van der Waals surface area contributed by atoms with Crippen LogP contribution < -0.4 is 15.4 Å². The van der Waals surface area contributed by atoms with Gasteiger partial charge in [0.25, 0.3) is 0 Å². The summed E-state index contributed by atoms with van der Waals surface area (Å²) < 4.78 is 13.1. The maximum Gasteiger partial charge on any atom is 0.191 e. The Hall–Kier alpha value is -1.88. The summed E-state index contributed by atoms with van der Waals surface area (Å²) in [5.74, 6) is 3.26. The summed E-state index contributed by atoms with van der Waals surface area (Å²) in [6.45, 7) is 8.95. The summed E-state index contributed by atoms with van der Waals surface area (Å²) in [6, 6.07) is 6.28. The molecule has 172 valence electrons. The SMILES string of the molecule is CCc1nncn1CCNC(=NCC1CCOC1)NCCc1cc(C)ccc1OC.I. The first-order valence-electron chi connectivity index (χ1n) is 10.8. The minimum absolute atomic E-state index is 0. The van der Waals surface area contributed by atoms with E-state index in [0.29, 0.717) is 5.92 Å². The first-order valence-corrected chi connectivity index (χ1v) is 10.8. The number of ether oxygens (including phenoxy) is 2. The molecule has 1 aliphatic rings. The zero-order valence-electron chi connectivity index (χ0n) is 18.8. The number of nitrogens with one attached hydrogen (secondary N) is 2. The molecule has 0 aliphatic carbocycles. The lowest BCUT2D eigenvalue weighted by Crippen LogP contribution is -2.40. The van der Waals surface area contributed by atoms with Crippen LogP contribution in [0.1, 0.15) is 30.3 Å². The van der Waals surface area contributed by atoms with Gasteiger partial charge in [0.15, 0.2) is 5.96 Å². The van der Waals surface area contributed by atoms with E-state index in [1.54, 1.807) is 13.4 Å².